The Morgan fingerprint density at radius 3 is 2.97 bits per heavy atom. The molecule has 0 saturated heterocycles. The van der Waals surface area contributed by atoms with Gasteiger partial charge in [0.1, 0.15) is 18.1 Å². The molecule has 0 unspecified atom stereocenters. The third kappa shape index (κ3) is 3.98. The van der Waals surface area contributed by atoms with Crippen molar-refractivity contribution < 1.29 is 23.8 Å². The largest absolute Gasteiger partial charge is 0.491 e. The minimum atomic E-state index is -0.777. The number of carbonyl (C=O) groups is 2. The Morgan fingerprint density at radius 2 is 2.14 bits per heavy atom. The summed E-state index contributed by atoms with van der Waals surface area (Å²) in [6.45, 7) is 3.29. The van der Waals surface area contributed by atoms with E-state index in [4.69, 9.17) is 9.15 Å². The van der Waals surface area contributed by atoms with Crippen LogP contribution in [-0.2, 0) is 17.8 Å². The number of ether oxygens (including phenoxy) is 1. The molecular weight excluding hydrogens is 374 g/mol. The van der Waals surface area contributed by atoms with Gasteiger partial charge in [0.05, 0.1) is 18.7 Å². The molecule has 154 valence electrons. The Hall–Kier alpha value is -2.87. The first-order valence-electron chi connectivity index (χ1n) is 9.97. The summed E-state index contributed by atoms with van der Waals surface area (Å²) in [6, 6.07) is 7.21. The summed E-state index contributed by atoms with van der Waals surface area (Å²) in [7, 11) is 0. The van der Waals surface area contributed by atoms with Crippen molar-refractivity contribution >= 4 is 11.8 Å². The summed E-state index contributed by atoms with van der Waals surface area (Å²) in [5, 5.41) is 13.3. The van der Waals surface area contributed by atoms with Crippen molar-refractivity contribution in [2.45, 2.75) is 44.9 Å². The zero-order valence-corrected chi connectivity index (χ0v) is 16.3. The molecule has 8 nitrogen and oxygen atoms in total. The molecule has 29 heavy (non-hydrogen) atoms. The predicted molar refractivity (Wildman–Crippen MR) is 103 cm³/mol. The van der Waals surface area contributed by atoms with E-state index in [0.29, 0.717) is 44.7 Å². The molecule has 0 spiro atoms. The van der Waals surface area contributed by atoms with Crippen molar-refractivity contribution in [3.63, 3.8) is 0 Å². The topological polar surface area (TPSA) is 105 Å². The van der Waals surface area contributed by atoms with E-state index in [-0.39, 0.29) is 23.4 Å². The first-order chi connectivity index (χ1) is 14.1. The van der Waals surface area contributed by atoms with Crippen LogP contribution in [0.2, 0.25) is 0 Å². The summed E-state index contributed by atoms with van der Waals surface area (Å²) < 4.78 is 10.9. The smallest absolute Gasteiger partial charge is 0.273 e. The van der Waals surface area contributed by atoms with Crippen molar-refractivity contribution in [2.24, 2.45) is 5.92 Å². The van der Waals surface area contributed by atoms with Gasteiger partial charge in [-0.05, 0) is 18.9 Å². The highest BCUT2D eigenvalue weighted by Gasteiger charge is 2.40. The van der Waals surface area contributed by atoms with Gasteiger partial charge >= 0.3 is 0 Å². The van der Waals surface area contributed by atoms with E-state index in [2.05, 4.69) is 10.3 Å². The molecule has 2 aromatic rings. The molecule has 2 N–H and O–H groups in total. The van der Waals surface area contributed by atoms with Crippen LogP contribution in [0.15, 0.2) is 35.1 Å². The Bertz CT molecular complexity index is 896. The van der Waals surface area contributed by atoms with E-state index < -0.39 is 12.1 Å². The Balaban J connectivity index is 1.40. The van der Waals surface area contributed by atoms with Gasteiger partial charge in [-0.15, -0.1) is 0 Å². The van der Waals surface area contributed by atoms with Gasteiger partial charge in [0.25, 0.3) is 5.91 Å². The fourth-order valence-electron chi connectivity index (χ4n) is 4.09. The monoisotopic (exact) mass is 399 g/mol. The van der Waals surface area contributed by atoms with E-state index in [1.54, 1.807) is 4.90 Å². The maximum absolute atomic E-state index is 13.1. The van der Waals surface area contributed by atoms with Crippen molar-refractivity contribution in [1.82, 2.24) is 15.2 Å². The molecule has 2 heterocycles. The van der Waals surface area contributed by atoms with Gasteiger partial charge in [0, 0.05) is 24.4 Å². The van der Waals surface area contributed by atoms with Crippen molar-refractivity contribution in [1.29, 1.82) is 0 Å². The molecule has 1 aromatic carbocycles. The second-order valence-electron chi connectivity index (χ2n) is 7.51. The number of amides is 2. The fourth-order valence-corrected chi connectivity index (χ4v) is 4.09. The van der Waals surface area contributed by atoms with Crippen LogP contribution in [0.4, 0.5) is 0 Å². The molecule has 1 saturated carbocycles. The molecule has 4 rings (SSSR count). The third-order valence-electron chi connectivity index (χ3n) is 5.64. The summed E-state index contributed by atoms with van der Waals surface area (Å²) >= 11 is 0. The third-order valence-corrected chi connectivity index (χ3v) is 5.64. The first-order valence-corrected chi connectivity index (χ1v) is 9.97. The van der Waals surface area contributed by atoms with Crippen LogP contribution in [0.5, 0.6) is 5.75 Å². The summed E-state index contributed by atoms with van der Waals surface area (Å²) in [6.07, 6.45) is 1.73. The van der Waals surface area contributed by atoms with Gasteiger partial charge in [-0.1, -0.05) is 25.1 Å². The number of para-hydroxylation sites is 1. The fraction of sp³-hybridized carbons (Fsp3) is 0.476. The van der Waals surface area contributed by atoms with Crippen LogP contribution < -0.4 is 10.1 Å². The molecule has 0 radical (unpaired) electrons. The quantitative estimate of drug-likeness (QED) is 0.808. The summed E-state index contributed by atoms with van der Waals surface area (Å²) in [4.78, 5) is 31.3. The van der Waals surface area contributed by atoms with Gasteiger partial charge in [-0.25, -0.2) is 4.98 Å². The van der Waals surface area contributed by atoms with Crippen LogP contribution in [0.3, 0.4) is 0 Å². The number of aromatic nitrogens is 1. The van der Waals surface area contributed by atoms with E-state index in [1.807, 2.05) is 31.2 Å². The Morgan fingerprint density at radius 1 is 1.31 bits per heavy atom. The Labute approximate surface area is 168 Å². The average Bonchev–Trinajstić information content (AvgIpc) is 3.28. The SMILES string of the molecule is CCc1ocnc1C(=O)N[C@H]1C[C@H](C(=O)N2CCOc3ccccc3C2)C[C@@H]1O. The van der Waals surface area contributed by atoms with Crippen molar-refractivity contribution in [3.8, 4) is 5.75 Å². The van der Waals surface area contributed by atoms with Crippen LogP contribution in [0, 0.1) is 5.92 Å². The van der Waals surface area contributed by atoms with Gasteiger partial charge in [-0.3, -0.25) is 9.59 Å². The van der Waals surface area contributed by atoms with E-state index in [1.165, 1.54) is 6.39 Å². The summed E-state index contributed by atoms with van der Waals surface area (Å²) in [5.41, 5.74) is 1.20. The van der Waals surface area contributed by atoms with Crippen molar-refractivity contribution in [2.75, 3.05) is 13.2 Å². The van der Waals surface area contributed by atoms with Crippen molar-refractivity contribution in [3.05, 3.63) is 47.7 Å². The van der Waals surface area contributed by atoms with Crippen LogP contribution >= 0.6 is 0 Å². The van der Waals surface area contributed by atoms with E-state index >= 15 is 0 Å². The maximum Gasteiger partial charge on any atom is 0.273 e. The number of nitrogens with one attached hydrogen (secondary N) is 1. The lowest BCUT2D eigenvalue weighted by atomic mass is 10.1. The highest BCUT2D eigenvalue weighted by atomic mass is 16.5. The Kier molecular flexibility index (Phi) is 5.53. The number of rotatable bonds is 4. The number of aryl methyl sites for hydroxylation is 1. The lowest BCUT2D eigenvalue weighted by Crippen LogP contribution is -2.40. The number of fused-ring (bicyclic) bond motifs is 1. The highest BCUT2D eigenvalue weighted by molar-refractivity contribution is 5.93. The minimum Gasteiger partial charge on any atom is -0.491 e. The molecule has 3 atom stereocenters. The lowest BCUT2D eigenvalue weighted by molar-refractivity contribution is -0.136. The number of hydrogen-bond donors (Lipinski definition) is 2. The summed E-state index contributed by atoms with van der Waals surface area (Å²) in [5.74, 6) is 0.565. The molecule has 1 fully saturated rings. The molecule has 1 aliphatic heterocycles. The zero-order valence-electron chi connectivity index (χ0n) is 16.3. The number of hydrogen-bond acceptors (Lipinski definition) is 6. The maximum atomic E-state index is 13.1. The number of oxazole rings is 1. The number of nitrogens with zero attached hydrogens (tertiary/aromatic N) is 2. The molecule has 1 aromatic heterocycles. The van der Waals surface area contributed by atoms with Gasteiger partial charge in [0.2, 0.25) is 5.91 Å². The highest BCUT2D eigenvalue weighted by Crippen LogP contribution is 2.30. The van der Waals surface area contributed by atoms with Gasteiger partial charge < -0.3 is 24.5 Å². The molecule has 8 heteroatoms. The lowest BCUT2D eigenvalue weighted by Gasteiger charge is -2.23. The molecule has 2 aliphatic rings. The molecule has 1 aliphatic carbocycles. The number of aliphatic hydroxyl groups excluding tert-OH is 1. The molecule has 0 bridgehead atoms. The number of aliphatic hydroxyl groups is 1. The molecular formula is C21H25N3O5. The first kappa shape index (κ1) is 19.4. The standard InChI is InChI=1S/C21H25N3O5/c1-2-17-19(22-12-29-17)20(26)23-15-9-14(10-16(15)25)21(27)24-7-8-28-18-6-4-3-5-13(18)11-24/h3-6,12,14-16,25H,2,7-11H2,1H3,(H,23,26)/t14-,15-,16-/m0/s1. The zero-order chi connectivity index (χ0) is 20.4. The normalized spacial score (nSPS) is 23.8. The predicted octanol–water partition coefficient (Wildman–Crippen LogP) is 1.53. The van der Waals surface area contributed by atoms with Gasteiger partial charge in [-0.2, -0.15) is 0 Å². The van der Waals surface area contributed by atoms with Crippen LogP contribution in [-0.4, -0.2) is 52.1 Å². The second-order valence-corrected chi connectivity index (χ2v) is 7.51. The number of benzene rings is 1. The van der Waals surface area contributed by atoms with E-state index in [0.717, 1.165) is 11.3 Å². The van der Waals surface area contributed by atoms with Crippen LogP contribution in [0.1, 0.15) is 41.6 Å². The van der Waals surface area contributed by atoms with Crippen LogP contribution in [0.25, 0.3) is 0 Å². The average molecular weight is 399 g/mol. The molecule has 2 amide bonds. The van der Waals surface area contributed by atoms with Gasteiger partial charge in [0.15, 0.2) is 12.1 Å². The second kappa shape index (κ2) is 8.24. The number of carbonyl (C=O) groups excluding carboxylic acids is 2. The minimum absolute atomic E-state index is 0.0169. The van der Waals surface area contributed by atoms with E-state index in [9.17, 15) is 14.7 Å².